The second-order valence-corrected chi connectivity index (χ2v) is 6.03. The number of anilines is 2. The summed E-state index contributed by atoms with van der Waals surface area (Å²) in [6, 6.07) is 5.36. The van der Waals surface area contributed by atoms with E-state index in [0.29, 0.717) is 18.8 Å². The van der Waals surface area contributed by atoms with Gasteiger partial charge in [-0.1, -0.05) is 13.0 Å². The monoisotopic (exact) mass is 318 g/mol. The van der Waals surface area contributed by atoms with Gasteiger partial charge < -0.3 is 16.0 Å². The zero-order valence-corrected chi connectivity index (χ0v) is 14.1. The Kier molecular flexibility index (Phi) is 5.60. The highest BCUT2D eigenvalue weighted by Gasteiger charge is 2.28. The molecular weight excluding hydrogens is 292 g/mol. The Hall–Kier alpha value is -2.08. The van der Waals surface area contributed by atoms with Crippen molar-refractivity contribution < 1.29 is 9.59 Å². The smallest absolute Gasteiger partial charge is 0.241 e. The molecule has 1 aromatic carbocycles. The number of carbonyl (C=O) groups excluding carboxylic acids is 2. The number of hydrogen-bond acceptors (Lipinski definition) is 4. The molecule has 0 radical (unpaired) electrons. The standard InChI is InChI=1S/C17H26N4O2/c1-4-16(21-9-7-20(8-10-21)13(3)22)17(23)19-14-6-5-12(2)15(18)11-14/h5-6,11,16H,4,7-10,18H2,1-3H3,(H,19,23). The highest BCUT2D eigenvalue weighted by atomic mass is 16.2. The van der Waals surface area contributed by atoms with Crippen LogP contribution in [0.3, 0.4) is 0 Å². The molecular formula is C17H26N4O2. The Morgan fingerprint density at radius 2 is 1.91 bits per heavy atom. The normalized spacial score (nSPS) is 16.9. The van der Waals surface area contributed by atoms with Crippen molar-refractivity contribution in [1.29, 1.82) is 0 Å². The summed E-state index contributed by atoms with van der Waals surface area (Å²) in [4.78, 5) is 27.9. The summed E-state index contributed by atoms with van der Waals surface area (Å²) < 4.78 is 0. The Morgan fingerprint density at radius 3 is 2.43 bits per heavy atom. The molecule has 6 heteroatoms. The van der Waals surface area contributed by atoms with Gasteiger partial charge in [0.15, 0.2) is 0 Å². The third-order valence-electron chi connectivity index (χ3n) is 4.44. The zero-order valence-electron chi connectivity index (χ0n) is 14.1. The van der Waals surface area contributed by atoms with E-state index >= 15 is 0 Å². The lowest BCUT2D eigenvalue weighted by Gasteiger charge is -2.38. The zero-order chi connectivity index (χ0) is 17.0. The van der Waals surface area contributed by atoms with Gasteiger partial charge in [0.1, 0.15) is 0 Å². The van der Waals surface area contributed by atoms with Crippen LogP contribution in [0.25, 0.3) is 0 Å². The number of nitrogen functional groups attached to an aromatic ring is 1. The molecule has 1 aliphatic heterocycles. The number of nitrogens with zero attached hydrogens (tertiary/aromatic N) is 2. The summed E-state index contributed by atoms with van der Waals surface area (Å²) in [6.45, 7) is 8.33. The van der Waals surface area contributed by atoms with Crippen molar-refractivity contribution in [2.24, 2.45) is 0 Å². The molecule has 0 aliphatic carbocycles. The van der Waals surface area contributed by atoms with Crippen LogP contribution in [0.1, 0.15) is 25.8 Å². The second-order valence-electron chi connectivity index (χ2n) is 6.03. The largest absolute Gasteiger partial charge is 0.398 e. The van der Waals surface area contributed by atoms with Gasteiger partial charge >= 0.3 is 0 Å². The predicted molar refractivity (Wildman–Crippen MR) is 92.1 cm³/mol. The molecule has 0 saturated carbocycles. The molecule has 1 heterocycles. The lowest BCUT2D eigenvalue weighted by molar-refractivity contribution is -0.131. The number of nitrogens with two attached hydrogens (primary N) is 1. The van der Waals surface area contributed by atoms with Gasteiger partial charge in [0.05, 0.1) is 6.04 Å². The van der Waals surface area contributed by atoms with Gasteiger partial charge in [0.25, 0.3) is 0 Å². The predicted octanol–water partition coefficient (Wildman–Crippen LogP) is 1.46. The third-order valence-corrected chi connectivity index (χ3v) is 4.44. The number of hydrogen-bond donors (Lipinski definition) is 2. The molecule has 1 aromatic rings. The Balaban J connectivity index is 1.98. The molecule has 3 N–H and O–H groups in total. The van der Waals surface area contributed by atoms with Crippen molar-refractivity contribution in [3.05, 3.63) is 23.8 Å². The molecule has 0 bridgehead atoms. The fraction of sp³-hybridized carbons (Fsp3) is 0.529. The number of aryl methyl sites for hydroxylation is 1. The van der Waals surface area contributed by atoms with Crippen LogP contribution < -0.4 is 11.1 Å². The van der Waals surface area contributed by atoms with Crippen LogP contribution in [0, 0.1) is 6.92 Å². The van der Waals surface area contributed by atoms with Gasteiger partial charge in [-0.3, -0.25) is 14.5 Å². The van der Waals surface area contributed by atoms with Crippen LogP contribution in [-0.4, -0.2) is 53.8 Å². The molecule has 1 atom stereocenters. The van der Waals surface area contributed by atoms with E-state index in [1.165, 1.54) is 0 Å². The molecule has 1 unspecified atom stereocenters. The van der Waals surface area contributed by atoms with Gasteiger partial charge in [0.2, 0.25) is 11.8 Å². The summed E-state index contributed by atoms with van der Waals surface area (Å²) in [6.07, 6.45) is 0.729. The van der Waals surface area contributed by atoms with Crippen molar-refractivity contribution in [2.75, 3.05) is 37.2 Å². The summed E-state index contributed by atoms with van der Waals surface area (Å²) in [7, 11) is 0. The van der Waals surface area contributed by atoms with Crippen LogP contribution in [-0.2, 0) is 9.59 Å². The summed E-state index contributed by atoms with van der Waals surface area (Å²) in [5.41, 5.74) is 8.28. The van der Waals surface area contributed by atoms with E-state index in [9.17, 15) is 9.59 Å². The molecule has 1 saturated heterocycles. The first-order valence-corrected chi connectivity index (χ1v) is 8.09. The van der Waals surface area contributed by atoms with Gasteiger partial charge in [-0.25, -0.2) is 0 Å². The Labute approximate surface area is 137 Å². The van der Waals surface area contributed by atoms with Gasteiger partial charge in [-0.2, -0.15) is 0 Å². The van der Waals surface area contributed by atoms with Crippen LogP contribution in [0.5, 0.6) is 0 Å². The molecule has 23 heavy (non-hydrogen) atoms. The number of rotatable bonds is 4. The van der Waals surface area contributed by atoms with Crippen LogP contribution in [0.4, 0.5) is 11.4 Å². The first kappa shape index (κ1) is 17.3. The van der Waals surface area contributed by atoms with Crippen LogP contribution >= 0.6 is 0 Å². The van der Waals surface area contributed by atoms with E-state index in [1.54, 1.807) is 13.0 Å². The summed E-state index contributed by atoms with van der Waals surface area (Å²) in [5, 5.41) is 2.95. The lowest BCUT2D eigenvalue weighted by Crippen LogP contribution is -2.54. The first-order chi connectivity index (χ1) is 10.9. The number of nitrogens with one attached hydrogen (secondary N) is 1. The molecule has 0 aromatic heterocycles. The quantitative estimate of drug-likeness (QED) is 0.824. The number of carbonyl (C=O) groups is 2. The fourth-order valence-electron chi connectivity index (χ4n) is 2.90. The van der Waals surface area contributed by atoms with Crippen molar-refractivity contribution in [3.8, 4) is 0 Å². The van der Waals surface area contributed by atoms with E-state index < -0.39 is 0 Å². The first-order valence-electron chi connectivity index (χ1n) is 8.09. The highest BCUT2D eigenvalue weighted by Crippen LogP contribution is 2.18. The van der Waals surface area contributed by atoms with Crippen LogP contribution in [0.2, 0.25) is 0 Å². The average Bonchev–Trinajstić information content (AvgIpc) is 2.52. The van der Waals surface area contributed by atoms with E-state index in [4.69, 9.17) is 5.73 Å². The highest BCUT2D eigenvalue weighted by molar-refractivity contribution is 5.95. The average molecular weight is 318 g/mol. The maximum absolute atomic E-state index is 12.6. The maximum atomic E-state index is 12.6. The molecule has 0 spiro atoms. The second kappa shape index (κ2) is 7.46. The Bertz CT molecular complexity index is 580. The van der Waals surface area contributed by atoms with Crippen molar-refractivity contribution in [2.45, 2.75) is 33.2 Å². The molecule has 2 rings (SSSR count). The summed E-state index contributed by atoms with van der Waals surface area (Å²) in [5.74, 6) is 0.0734. The number of piperazine rings is 1. The van der Waals surface area contributed by atoms with Gasteiger partial charge in [-0.05, 0) is 31.0 Å². The number of benzene rings is 1. The minimum Gasteiger partial charge on any atom is -0.398 e. The maximum Gasteiger partial charge on any atom is 0.241 e. The van der Waals surface area contributed by atoms with Crippen molar-refractivity contribution >= 4 is 23.2 Å². The van der Waals surface area contributed by atoms with Crippen molar-refractivity contribution in [3.63, 3.8) is 0 Å². The van der Waals surface area contributed by atoms with E-state index in [0.717, 1.165) is 30.8 Å². The molecule has 1 fully saturated rings. The molecule has 6 nitrogen and oxygen atoms in total. The van der Waals surface area contributed by atoms with Gasteiger partial charge in [-0.15, -0.1) is 0 Å². The Morgan fingerprint density at radius 1 is 1.26 bits per heavy atom. The third kappa shape index (κ3) is 4.22. The number of amides is 2. The summed E-state index contributed by atoms with van der Waals surface area (Å²) >= 11 is 0. The van der Waals surface area contributed by atoms with E-state index in [2.05, 4.69) is 10.2 Å². The van der Waals surface area contributed by atoms with Crippen molar-refractivity contribution in [1.82, 2.24) is 9.80 Å². The fourth-order valence-corrected chi connectivity index (χ4v) is 2.90. The minimum absolute atomic E-state index is 0.0213. The minimum atomic E-state index is -0.188. The molecule has 2 amide bonds. The van der Waals surface area contributed by atoms with Crippen LogP contribution in [0.15, 0.2) is 18.2 Å². The van der Waals surface area contributed by atoms with Gasteiger partial charge in [0, 0.05) is 44.5 Å². The SMILES string of the molecule is CCC(C(=O)Nc1ccc(C)c(N)c1)N1CCN(C(C)=O)CC1. The molecule has 126 valence electrons. The topological polar surface area (TPSA) is 78.7 Å². The molecule has 1 aliphatic rings. The lowest BCUT2D eigenvalue weighted by atomic mass is 10.1. The van der Waals surface area contributed by atoms with E-state index in [-0.39, 0.29) is 17.9 Å². The van der Waals surface area contributed by atoms with E-state index in [1.807, 2.05) is 30.9 Å².